The molecule has 3 nitrogen and oxygen atoms in total. The van der Waals surface area contributed by atoms with Gasteiger partial charge in [0.05, 0.1) is 13.7 Å². The largest absolute Gasteiger partial charge is 0.496 e. The second kappa shape index (κ2) is 5.53. The zero-order valence-electron chi connectivity index (χ0n) is 12.8. The predicted molar refractivity (Wildman–Crippen MR) is 81.7 cm³/mol. The topological polar surface area (TPSA) is 31.2 Å². The maximum atomic E-state index is 12.1. The molecule has 0 amide bonds. The van der Waals surface area contributed by atoms with Crippen LogP contribution in [0.15, 0.2) is 29.2 Å². The van der Waals surface area contributed by atoms with Gasteiger partial charge in [0.1, 0.15) is 5.75 Å². The molecule has 106 valence electrons. The molecule has 1 aromatic carbocycles. The Kier molecular flexibility index (Phi) is 3.98. The van der Waals surface area contributed by atoms with Crippen molar-refractivity contribution in [2.45, 2.75) is 34.2 Å². The first-order valence-electron chi connectivity index (χ1n) is 6.74. The smallest absolute Gasteiger partial charge is 0.251 e. The first kappa shape index (κ1) is 14.4. The fourth-order valence-electron chi connectivity index (χ4n) is 2.41. The number of hydrogen-bond acceptors (Lipinski definition) is 2. The first-order chi connectivity index (χ1) is 9.43. The van der Waals surface area contributed by atoms with E-state index < -0.39 is 0 Å². The highest BCUT2D eigenvalue weighted by molar-refractivity contribution is 5.44. The average molecular weight is 271 g/mol. The molecule has 0 saturated heterocycles. The van der Waals surface area contributed by atoms with E-state index >= 15 is 0 Å². The molecule has 0 aliphatic rings. The minimum Gasteiger partial charge on any atom is -0.496 e. The predicted octanol–water partition coefficient (Wildman–Crippen LogP) is 3.14. The van der Waals surface area contributed by atoms with Gasteiger partial charge in [0.2, 0.25) is 0 Å². The van der Waals surface area contributed by atoms with Gasteiger partial charge in [-0.15, -0.1) is 0 Å². The number of rotatable bonds is 3. The van der Waals surface area contributed by atoms with Crippen LogP contribution in [0.25, 0.3) is 0 Å². The Labute approximate surface area is 119 Å². The minimum atomic E-state index is 0.0368. The van der Waals surface area contributed by atoms with Gasteiger partial charge in [-0.3, -0.25) is 4.79 Å². The Morgan fingerprint density at radius 3 is 2.40 bits per heavy atom. The molecule has 1 heterocycles. The van der Waals surface area contributed by atoms with Gasteiger partial charge in [-0.05, 0) is 61.6 Å². The number of aryl methyl sites for hydroxylation is 3. The van der Waals surface area contributed by atoms with Crippen LogP contribution in [0.5, 0.6) is 5.75 Å². The van der Waals surface area contributed by atoms with Crippen LogP contribution in [-0.4, -0.2) is 11.7 Å². The van der Waals surface area contributed by atoms with E-state index in [9.17, 15) is 4.79 Å². The molecular formula is C17H21NO2. The highest BCUT2D eigenvalue weighted by Crippen LogP contribution is 2.24. The molecule has 0 saturated carbocycles. The molecule has 2 rings (SSSR count). The summed E-state index contributed by atoms with van der Waals surface area (Å²) in [6, 6.07) is 5.70. The van der Waals surface area contributed by atoms with Crippen LogP contribution in [-0.2, 0) is 6.54 Å². The maximum Gasteiger partial charge on any atom is 0.251 e. The summed E-state index contributed by atoms with van der Waals surface area (Å²) in [6.45, 7) is 8.66. The lowest BCUT2D eigenvalue weighted by molar-refractivity contribution is 0.410. The highest BCUT2D eigenvalue weighted by Gasteiger charge is 2.10. The van der Waals surface area contributed by atoms with Gasteiger partial charge in [0.15, 0.2) is 0 Å². The summed E-state index contributed by atoms with van der Waals surface area (Å²) in [5.74, 6) is 0.863. The lowest BCUT2D eigenvalue weighted by Gasteiger charge is -2.15. The number of aromatic nitrogens is 1. The number of hydrogen-bond donors (Lipinski definition) is 0. The Morgan fingerprint density at radius 2 is 1.75 bits per heavy atom. The molecule has 3 heteroatoms. The van der Waals surface area contributed by atoms with Gasteiger partial charge >= 0.3 is 0 Å². The molecule has 0 aliphatic carbocycles. The molecular weight excluding hydrogens is 250 g/mol. The fraction of sp³-hybridized carbons (Fsp3) is 0.353. The van der Waals surface area contributed by atoms with Crippen LogP contribution >= 0.6 is 0 Å². The van der Waals surface area contributed by atoms with Crippen LogP contribution in [0.4, 0.5) is 0 Å². The third-order valence-electron chi connectivity index (χ3n) is 3.93. The molecule has 1 aromatic heterocycles. The quantitative estimate of drug-likeness (QED) is 0.858. The third kappa shape index (κ3) is 2.62. The van der Waals surface area contributed by atoms with E-state index in [1.165, 1.54) is 5.56 Å². The van der Waals surface area contributed by atoms with Gasteiger partial charge in [-0.25, -0.2) is 0 Å². The number of nitrogens with zero attached hydrogens (tertiary/aromatic N) is 1. The Bertz CT molecular complexity index is 699. The van der Waals surface area contributed by atoms with E-state index in [4.69, 9.17) is 4.74 Å². The van der Waals surface area contributed by atoms with Crippen molar-refractivity contribution in [1.29, 1.82) is 0 Å². The molecule has 0 N–H and O–H groups in total. The number of ether oxygens (including phenoxy) is 1. The van der Waals surface area contributed by atoms with Crippen molar-refractivity contribution >= 4 is 0 Å². The van der Waals surface area contributed by atoms with Crippen molar-refractivity contribution in [1.82, 2.24) is 4.57 Å². The number of methoxy groups -OCH3 is 1. The normalized spacial score (nSPS) is 10.7. The molecule has 0 radical (unpaired) electrons. The average Bonchev–Trinajstić information content (AvgIpc) is 2.40. The molecule has 0 atom stereocenters. The number of benzene rings is 1. The molecule has 0 aliphatic heterocycles. The number of pyridine rings is 1. The monoisotopic (exact) mass is 271 g/mol. The SMILES string of the molecule is COc1ccc(C)c(Cn2cc(C)c(C)cc2=O)c1C. The zero-order valence-corrected chi connectivity index (χ0v) is 12.8. The van der Waals surface area contributed by atoms with Crippen LogP contribution in [0, 0.1) is 27.7 Å². The Morgan fingerprint density at radius 1 is 1.05 bits per heavy atom. The van der Waals surface area contributed by atoms with Gasteiger partial charge in [-0.1, -0.05) is 6.07 Å². The summed E-state index contributed by atoms with van der Waals surface area (Å²) in [6.07, 6.45) is 1.93. The summed E-state index contributed by atoms with van der Waals surface area (Å²) < 4.78 is 7.13. The van der Waals surface area contributed by atoms with Gasteiger partial charge in [0, 0.05) is 12.3 Å². The van der Waals surface area contributed by atoms with E-state index in [1.807, 2.05) is 39.1 Å². The summed E-state index contributed by atoms with van der Waals surface area (Å²) in [7, 11) is 1.67. The lowest BCUT2D eigenvalue weighted by Crippen LogP contribution is -2.21. The second-order valence-corrected chi connectivity index (χ2v) is 5.29. The van der Waals surface area contributed by atoms with Crippen molar-refractivity contribution in [3.63, 3.8) is 0 Å². The van der Waals surface area contributed by atoms with Crippen LogP contribution in [0.1, 0.15) is 27.8 Å². The maximum absolute atomic E-state index is 12.1. The van der Waals surface area contributed by atoms with Gasteiger partial charge < -0.3 is 9.30 Å². The first-order valence-corrected chi connectivity index (χ1v) is 6.74. The van der Waals surface area contributed by atoms with Crippen molar-refractivity contribution < 1.29 is 4.74 Å². The van der Waals surface area contributed by atoms with E-state index in [1.54, 1.807) is 17.7 Å². The molecule has 20 heavy (non-hydrogen) atoms. The second-order valence-electron chi connectivity index (χ2n) is 5.29. The highest BCUT2D eigenvalue weighted by atomic mass is 16.5. The van der Waals surface area contributed by atoms with E-state index in [2.05, 4.69) is 6.92 Å². The van der Waals surface area contributed by atoms with Gasteiger partial charge in [-0.2, -0.15) is 0 Å². The van der Waals surface area contributed by atoms with E-state index in [0.717, 1.165) is 28.0 Å². The van der Waals surface area contributed by atoms with Crippen LogP contribution in [0.2, 0.25) is 0 Å². The Hall–Kier alpha value is -2.03. The van der Waals surface area contributed by atoms with Gasteiger partial charge in [0.25, 0.3) is 5.56 Å². The molecule has 0 spiro atoms. The zero-order chi connectivity index (χ0) is 14.9. The minimum absolute atomic E-state index is 0.0368. The molecule has 0 fully saturated rings. The fourth-order valence-corrected chi connectivity index (χ4v) is 2.41. The lowest BCUT2D eigenvalue weighted by atomic mass is 10.0. The van der Waals surface area contributed by atoms with Crippen LogP contribution in [0.3, 0.4) is 0 Å². The van der Waals surface area contributed by atoms with Crippen LogP contribution < -0.4 is 10.3 Å². The molecule has 0 bridgehead atoms. The summed E-state index contributed by atoms with van der Waals surface area (Å²) >= 11 is 0. The summed E-state index contributed by atoms with van der Waals surface area (Å²) in [5.41, 5.74) is 5.61. The van der Waals surface area contributed by atoms with E-state index in [0.29, 0.717) is 6.54 Å². The molecule has 2 aromatic rings. The third-order valence-corrected chi connectivity index (χ3v) is 3.93. The van der Waals surface area contributed by atoms with Crippen molar-refractivity contribution in [3.05, 3.63) is 62.6 Å². The molecule has 0 unspecified atom stereocenters. The van der Waals surface area contributed by atoms with Crippen molar-refractivity contribution in [2.24, 2.45) is 0 Å². The summed E-state index contributed by atoms with van der Waals surface area (Å²) in [5, 5.41) is 0. The standard InChI is InChI=1S/C17H21NO2/c1-11-6-7-16(20-5)14(4)15(11)10-18-9-13(3)12(2)8-17(18)19/h6-9H,10H2,1-5H3. The Balaban J connectivity index is 2.50. The summed E-state index contributed by atoms with van der Waals surface area (Å²) in [4.78, 5) is 12.1. The van der Waals surface area contributed by atoms with Crippen molar-refractivity contribution in [3.8, 4) is 5.75 Å². The van der Waals surface area contributed by atoms with E-state index in [-0.39, 0.29) is 5.56 Å². The van der Waals surface area contributed by atoms with Crippen molar-refractivity contribution in [2.75, 3.05) is 7.11 Å².